The minimum Gasteiger partial charge on any atom is -0.497 e. The second kappa shape index (κ2) is 13.7. The van der Waals surface area contributed by atoms with Gasteiger partial charge in [0.1, 0.15) is 11.8 Å². The first-order valence-corrected chi connectivity index (χ1v) is 13.9. The van der Waals surface area contributed by atoms with Crippen LogP contribution in [0.25, 0.3) is 0 Å². The van der Waals surface area contributed by atoms with Gasteiger partial charge in [0.25, 0.3) is 0 Å². The Balaban J connectivity index is 1.66. The summed E-state index contributed by atoms with van der Waals surface area (Å²) in [5, 5.41) is 4.12. The van der Waals surface area contributed by atoms with Gasteiger partial charge < -0.3 is 15.0 Å². The van der Waals surface area contributed by atoms with Crippen LogP contribution < -0.4 is 10.1 Å². The molecule has 0 saturated heterocycles. The van der Waals surface area contributed by atoms with Crippen molar-refractivity contribution in [3.63, 3.8) is 0 Å². The van der Waals surface area contributed by atoms with Crippen molar-refractivity contribution in [1.82, 2.24) is 10.2 Å². The highest BCUT2D eigenvalue weighted by Crippen LogP contribution is 2.25. The first-order chi connectivity index (χ1) is 18.4. The lowest BCUT2D eigenvalue weighted by Gasteiger charge is -2.33. The average molecular weight is 554 g/mol. The van der Waals surface area contributed by atoms with Crippen LogP contribution >= 0.6 is 23.2 Å². The standard InChI is InChI=1S/C31H34Cl2N2O3/c1-38-26-15-12-23(13-16-26)20-30(36)35(21-24-14-17-27(32)28(33)18-24)29(19-22-8-4-2-5-9-22)31(37)34-25-10-6-3-7-11-25/h2,4-5,8-9,12-18,25,29H,3,6-7,10-11,19-21H2,1H3,(H,34,37). The summed E-state index contributed by atoms with van der Waals surface area (Å²) in [5.74, 6) is 0.465. The number of carbonyl (C=O) groups excluding carboxylic acids is 2. The fraction of sp³-hybridized carbons (Fsp3) is 0.355. The van der Waals surface area contributed by atoms with E-state index in [0.29, 0.717) is 16.5 Å². The van der Waals surface area contributed by atoms with Crippen molar-refractivity contribution in [3.8, 4) is 5.75 Å². The Hall–Kier alpha value is -3.02. The quantitative estimate of drug-likeness (QED) is 0.307. The molecule has 5 nitrogen and oxygen atoms in total. The highest BCUT2D eigenvalue weighted by Gasteiger charge is 2.32. The SMILES string of the molecule is COc1ccc(CC(=O)N(Cc2ccc(Cl)c(Cl)c2)C(Cc2ccccc2)C(=O)NC2CCCCC2)cc1. The normalized spacial score (nSPS) is 14.5. The van der Waals surface area contributed by atoms with E-state index in [1.54, 1.807) is 24.1 Å². The third kappa shape index (κ3) is 7.75. The van der Waals surface area contributed by atoms with Crippen molar-refractivity contribution in [3.05, 3.63) is 99.5 Å². The van der Waals surface area contributed by atoms with Gasteiger partial charge in [-0.25, -0.2) is 0 Å². The molecule has 4 rings (SSSR count). The molecular weight excluding hydrogens is 519 g/mol. The topological polar surface area (TPSA) is 58.6 Å². The summed E-state index contributed by atoms with van der Waals surface area (Å²) in [7, 11) is 1.61. The molecule has 1 aliphatic carbocycles. The van der Waals surface area contributed by atoms with Gasteiger partial charge in [0.15, 0.2) is 0 Å². The molecule has 200 valence electrons. The van der Waals surface area contributed by atoms with Crippen LogP contribution in [0, 0.1) is 0 Å². The van der Waals surface area contributed by atoms with Gasteiger partial charge in [-0.15, -0.1) is 0 Å². The Bertz CT molecular complexity index is 1210. The molecule has 0 bridgehead atoms. The number of rotatable bonds is 10. The second-order valence-electron chi connectivity index (χ2n) is 9.84. The number of nitrogens with one attached hydrogen (secondary N) is 1. The summed E-state index contributed by atoms with van der Waals surface area (Å²) in [6, 6.07) is 22.0. The van der Waals surface area contributed by atoms with Gasteiger partial charge in [0.2, 0.25) is 11.8 Å². The summed E-state index contributed by atoms with van der Waals surface area (Å²) in [5.41, 5.74) is 2.65. The third-order valence-corrected chi connectivity index (χ3v) is 7.81. The maximum absolute atomic E-state index is 13.9. The van der Waals surface area contributed by atoms with Gasteiger partial charge in [-0.1, -0.05) is 91.0 Å². The third-order valence-electron chi connectivity index (χ3n) is 7.07. The molecule has 1 aliphatic rings. The number of ether oxygens (including phenoxy) is 1. The van der Waals surface area contributed by atoms with Crippen LogP contribution in [0.1, 0.15) is 48.8 Å². The Morgan fingerprint density at radius 2 is 1.58 bits per heavy atom. The summed E-state index contributed by atoms with van der Waals surface area (Å²) >= 11 is 12.5. The number of nitrogens with zero attached hydrogens (tertiary/aromatic N) is 1. The zero-order valence-electron chi connectivity index (χ0n) is 21.7. The molecule has 0 aromatic heterocycles. The first-order valence-electron chi connectivity index (χ1n) is 13.1. The molecule has 1 unspecified atom stereocenters. The molecular formula is C31H34Cl2N2O3. The summed E-state index contributed by atoms with van der Waals surface area (Å²) < 4.78 is 5.26. The Morgan fingerprint density at radius 1 is 0.895 bits per heavy atom. The molecule has 3 aromatic carbocycles. The van der Waals surface area contributed by atoms with E-state index >= 15 is 0 Å². The fourth-order valence-electron chi connectivity index (χ4n) is 4.95. The Labute approximate surface area is 235 Å². The number of amides is 2. The lowest BCUT2D eigenvalue weighted by Crippen LogP contribution is -2.53. The van der Waals surface area contributed by atoms with E-state index in [0.717, 1.165) is 48.1 Å². The average Bonchev–Trinajstić information content (AvgIpc) is 2.94. The van der Waals surface area contributed by atoms with Gasteiger partial charge in [-0.2, -0.15) is 0 Å². The number of hydrogen-bond acceptors (Lipinski definition) is 3. The van der Waals surface area contributed by atoms with Gasteiger partial charge in [-0.05, 0) is 53.8 Å². The van der Waals surface area contributed by atoms with Gasteiger partial charge in [0.05, 0.1) is 23.6 Å². The zero-order valence-corrected chi connectivity index (χ0v) is 23.2. The molecule has 0 heterocycles. The van der Waals surface area contributed by atoms with E-state index in [-0.39, 0.29) is 30.8 Å². The van der Waals surface area contributed by atoms with E-state index in [4.69, 9.17) is 27.9 Å². The molecule has 0 aliphatic heterocycles. The lowest BCUT2D eigenvalue weighted by atomic mass is 9.94. The van der Waals surface area contributed by atoms with Crippen molar-refractivity contribution in [2.24, 2.45) is 0 Å². The number of benzene rings is 3. The minimum atomic E-state index is -0.681. The Kier molecular flexibility index (Phi) is 10.1. The van der Waals surface area contributed by atoms with Crippen molar-refractivity contribution >= 4 is 35.0 Å². The van der Waals surface area contributed by atoms with Crippen molar-refractivity contribution in [2.75, 3.05) is 7.11 Å². The van der Waals surface area contributed by atoms with Crippen LogP contribution in [0.3, 0.4) is 0 Å². The smallest absolute Gasteiger partial charge is 0.243 e. The van der Waals surface area contributed by atoms with Crippen molar-refractivity contribution in [1.29, 1.82) is 0 Å². The highest BCUT2D eigenvalue weighted by atomic mass is 35.5. The van der Waals surface area contributed by atoms with Crippen LogP contribution in [-0.4, -0.2) is 35.9 Å². The monoisotopic (exact) mass is 552 g/mol. The molecule has 38 heavy (non-hydrogen) atoms. The molecule has 1 N–H and O–H groups in total. The second-order valence-corrected chi connectivity index (χ2v) is 10.7. The van der Waals surface area contributed by atoms with Crippen LogP contribution in [0.2, 0.25) is 10.0 Å². The summed E-state index contributed by atoms with van der Waals surface area (Å²) in [6.07, 6.45) is 5.92. The Morgan fingerprint density at radius 3 is 2.24 bits per heavy atom. The lowest BCUT2D eigenvalue weighted by molar-refractivity contribution is -0.141. The fourth-order valence-corrected chi connectivity index (χ4v) is 5.27. The number of halogens is 2. The molecule has 1 saturated carbocycles. The molecule has 0 spiro atoms. The molecule has 1 fully saturated rings. The van der Waals surface area contributed by atoms with Crippen molar-refractivity contribution in [2.45, 2.75) is 63.6 Å². The number of methoxy groups -OCH3 is 1. The summed E-state index contributed by atoms with van der Waals surface area (Å²) in [6.45, 7) is 0.238. The van der Waals surface area contributed by atoms with Crippen LogP contribution in [0.15, 0.2) is 72.8 Å². The van der Waals surface area contributed by atoms with E-state index in [1.807, 2.05) is 60.7 Å². The zero-order chi connectivity index (χ0) is 26.9. The highest BCUT2D eigenvalue weighted by molar-refractivity contribution is 6.42. The van der Waals surface area contributed by atoms with Crippen molar-refractivity contribution < 1.29 is 14.3 Å². The van der Waals surface area contributed by atoms with Crippen LogP contribution in [0.5, 0.6) is 5.75 Å². The molecule has 3 aromatic rings. The number of carbonyl (C=O) groups is 2. The molecule has 1 atom stereocenters. The van der Waals surface area contributed by atoms with Gasteiger partial charge in [-0.3, -0.25) is 9.59 Å². The van der Waals surface area contributed by atoms with E-state index in [1.165, 1.54) is 6.42 Å². The van der Waals surface area contributed by atoms with Gasteiger partial charge >= 0.3 is 0 Å². The van der Waals surface area contributed by atoms with Crippen LogP contribution in [-0.2, 0) is 29.0 Å². The summed E-state index contributed by atoms with van der Waals surface area (Å²) in [4.78, 5) is 29.4. The molecule has 7 heteroatoms. The van der Waals surface area contributed by atoms with Gasteiger partial charge in [0, 0.05) is 19.0 Å². The molecule has 0 radical (unpaired) electrons. The number of hydrogen-bond donors (Lipinski definition) is 1. The largest absolute Gasteiger partial charge is 0.497 e. The van der Waals surface area contributed by atoms with Crippen LogP contribution in [0.4, 0.5) is 0 Å². The minimum absolute atomic E-state index is 0.121. The van der Waals surface area contributed by atoms with E-state index in [2.05, 4.69) is 5.32 Å². The maximum atomic E-state index is 13.9. The van der Waals surface area contributed by atoms with E-state index < -0.39 is 6.04 Å². The van der Waals surface area contributed by atoms with E-state index in [9.17, 15) is 9.59 Å². The predicted molar refractivity (Wildman–Crippen MR) is 153 cm³/mol. The predicted octanol–water partition coefficient (Wildman–Crippen LogP) is 6.63. The maximum Gasteiger partial charge on any atom is 0.243 e. The molecule has 2 amide bonds. The first kappa shape index (κ1) is 28.0.